The molecule has 3 nitrogen and oxygen atoms in total. The van der Waals surface area contributed by atoms with E-state index >= 15 is 0 Å². The van der Waals surface area contributed by atoms with E-state index in [1.807, 2.05) is 0 Å². The third kappa shape index (κ3) is 4.01. The monoisotopic (exact) mass is 355 g/mol. The van der Waals surface area contributed by atoms with Gasteiger partial charge in [0.05, 0.1) is 5.02 Å². The van der Waals surface area contributed by atoms with Crippen LogP contribution in [0.15, 0.2) is 23.1 Å². The Balaban J connectivity index is 2.09. The second kappa shape index (κ2) is 6.84. The fourth-order valence-electron chi connectivity index (χ4n) is 2.37. The van der Waals surface area contributed by atoms with Crippen molar-refractivity contribution >= 4 is 44.8 Å². The summed E-state index contributed by atoms with van der Waals surface area (Å²) in [5.41, 5.74) is 0. The van der Waals surface area contributed by atoms with Crippen molar-refractivity contribution in [2.45, 2.75) is 36.0 Å². The van der Waals surface area contributed by atoms with Crippen molar-refractivity contribution in [1.29, 1.82) is 0 Å². The van der Waals surface area contributed by atoms with Gasteiger partial charge in [0, 0.05) is 16.9 Å². The minimum absolute atomic E-state index is 0.00796. The molecule has 1 aromatic rings. The van der Waals surface area contributed by atoms with Gasteiger partial charge in [-0.05, 0) is 37.0 Å². The molecule has 0 bridgehead atoms. The van der Waals surface area contributed by atoms with Crippen LogP contribution in [0.5, 0.6) is 0 Å². The maximum Gasteiger partial charge on any atom is 0.242 e. The van der Waals surface area contributed by atoms with Crippen LogP contribution in [0.2, 0.25) is 10.0 Å². The van der Waals surface area contributed by atoms with E-state index in [4.69, 9.17) is 34.8 Å². The highest BCUT2D eigenvalue weighted by Gasteiger charge is 2.26. The Labute approximate surface area is 134 Å². The quantitative estimate of drug-likeness (QED) is 0.827. The lowest BCUT2D eigenvalue weighted by molar-refractivity contribution is 0.364. The van der Waals surface area contributed by atoms with Gasteiger partial charge < -0.3 is 0 Å². The third-order valence-corrected chi connectivity index (χ3v) is 6.25. The number of rotatable bonds is 4. The highest BCUT2D eigenvalue weighted by atomic mass is 35.5. The van der Waals surface area contributed by atoms with Gasteiger partial charge in [0.1, 0.15) is 4.90 Å². The molecule has 1 aliphatic carbocycles. The van der Waals surface area contributed by atoms with Crippen LogP contribution in [0.4, 0.5) is 0 Å². The molecular formula is C13H16Cl3NO2S. The molecule has 2 unspecified atom stereocenters. The van der Waals surface area contributed by atoms with Gasteiger partial charge >= 0.3 is 0 Å². The van der Waals surface area contributed by atoms with Crippen LogP contribution >= 0.6 is 34.8 Å². The molecule has 0 aromatic heterocycles. The van der Waals surface area contributed by atoms with E-state index in [9.17, 15) is 8.42 Å². The Morgan fingerprint density at radius 2 is 1.90 bits per heavy atom. The zero-order valence-corrected chi connectivity index (χ0v) is 13.9. The number of hydrogen-bond donors (Lipinski definition) is 1. The standard InChI is InChI=1S/C13H16Cl3NO2S/c14-10-5-6-12(16)13(7-10)20(18,19)17-8-9-3-1-2-4-11(9)15/h5-7,9,11,17H,1-4,8H2. The molecular weight excluding hydrogens is 341 g/mol. The molecule has 7 heteroatoms. The molecule has 1 N–H and O–H groups in total. The zero-order chi connectivity index (χ0) is 14.8. The van der Waals surface area contributed by atoms with E-state index < -0.39 is 10.0 Å². The average Bonchev–Trinajstić information content (AvgIpc) is 2.40. The highest BCUT2D eigenvalue weighted by molar-refractivity contribution is 7.89. The van der Waals surface area contributed by atoms with E-state index in [0.717, 1.165) is 25.7 Å². The van der Waals surface area contributed by atoms with E-state index in [2.05, 4.69) is 4.72 Å². The van der Waals surface area contributed by atoms with Gasteiger partial charge in [-0.25, -0.2) is 13.1 Å². The van der Waals surface area contributed by atoms with Crippen LogP contribution in [-0.2, 0) is 10.0 Å². The van der Waals surface area contributed by atoms with Crippen LogP contribution in [0.25, 0.3) is 0 Å². The Bertz CT molecular complexity index is 577. The van der Waals surface area contributed by atoms with Crippen molar-refractivity contribution in [3.8, 4) is 0 Å². The molecule has 0 heterocycles. The fraction of sp³-hybridized carbons (Fsp3) is 0.538. The van der Waals surface area contributed by atoms with Crippen LogP contribution in [0, 0.1) is 5.92 Å². The predicted octanol–water partition coefficient (Wildman–Crippen LogP) is 4.07. The summed E-state index contributed by atoms with van der Waals surface area (Å²) in [6.45, 7) is 0.333. The number of alkyl halides is 1. The minimum Gasteiger partial charge on any atom is -0.211 e. The van der Waals surface area contributed by atoms with Gasteiger partial charge in [0.15, 0.2) is 0 Å². The summed E-state index contributed by atoms with van der Waals surface area (Å²) in [5.74, 6) is 0.165. The van der Waals surface area contributed by atoms with Crippen molar-refractivity contribution in [1.82, 2.24) is 4.72 Å². The highest BCUT2D eigenvalue weighted by Crippen LogP contribution is 2.29. The molecule has 1 aromatic carbocycles. The largest absolute Gasteiger partial charge is 0.242 e. The first-order valence-corrected chi connectivity index (χ1v) is 9.16. The summed E-state index contributed by atoms with van der Waals surface area (Å²) in [4.78, 5) is 0.00796. The zero-order valence-electron chi connectivity index (χ0n) is 10.8. The van der Waals surface area contributed by atoms with Gasteiger partial charge in [0.2, 0.25) is 10.0 Å². The SMILES string of the molecule is O=S(=O)(NCC1CCCCC1Cl)c1cc(Cl)ccc1Cl. The summed E-state index contributed by atoms with van der Waals surface area (Å²) >= 11 is 18.0. The van der Waals surface area contributed by atoms with Gasteiger partial charge in [-0.3, -0.25) is 0 Å². The lowest BCUT2D eigenvalue weighted by Crippen LogP contribution is -2.34. The van der Waals surface area contributed by atoms with Gasteiger partial charge in [-0.15, -0.1) is 11.6 Å². The molecule has 2 rings (SSSR count). The smallest absolute Gasteiger partial charge is 0.211 e. The number of nitrogens with one attached hydrogen (secondary N) is 1. The van der Waals surface area contributed by atoms with Gasteiger partial charge in [0.25, 0.3) is 0 Å². The van der Waals surface area contributed by atoms with Crippen LogP contribution < -0.4 is 4.72 Å². The Hall–Kier alpha value is -0.000000000000000167. The van der Waals surface area contributed by atoms with Gasteiger partial charge in [-0.2, -0.15) is 0 Å². The molecule has 20 heavy (non-hydrogen) atoms. The summed E-state index contributed by atoms with van der Waals surface area (Å²) < 4.78 is 27.1. The summed E-state index contributed by atoms with van der Waals surface area (Å²) in [7, 11) is -3.66. The third-order valence-electron chi connectivity index (χ3n) is 3.53. The van der Waals surface area contributed by atoms with Crippen molar-refractivity contribution < 1.29 is 8.42 Å². The van der Waals surface area contributed by atoms with Crippen LogP contribution in [-0.4, -0.2) is 20.3 Å². The molecule has 1 fully saturated rings. The Morgan fingerprint density at radius 3 is 2.60 bits per heavy atom. The lowest BCUT2D eigenvalue weighted by Gasteiger charge is -2.27. The van der Waals surface area contributed by atoms with Crippen LogP contribution in [0.3, 0.4) is 0 Å². The predicted molar refractivity (Wildman–Crippen MR) is 83.2 cm³/mol. The topological polar surface area (TPSA) is 46.2 Å². The first kappa shape index (κ1) is 16.4. The number of sulfonamides is 1. The van der Waals surface area contributed by atoms with Crippen molar-refractivity contribution in [2.24, 2.45) is 5.92 Å². The maximum atomic E-state index is 12.3. The van der Waals surface area contributed by atoms with Crippen molar-refractivity contribution in [3.63, 3.8) is 0 Å². The van der Waals surface area contributed by atoms with E-state index in [1.54, 1.807) is 6.07 Å². The lowest BCUT2D eigenvalue weighted by atomic mass is 9.89. The normalized spacial score (nSPS) is 23.8. The average molecular weight is 357 g/mol. The van der Waals surface area contributed by atoms with E-state index in [-0.39, 0.29) is 21.2 Å². The fourth-order valence-corrected chi connectivity index (χ4v) is 4.59. The second-order valence-corrected chi connectivity index (χ2v) is 8.13. The molecule has 2 atom stereocenters. The number of hydrogen-bond acceptors (Lipinski definition) is 2. The molecule has 0 radical (unpaired) electrons. The maximum absolute atomic E-state index is 12.3. The minimum atomic E-state index is -3.66. The number of benzene rings is 1. The molecule has 0 amide bonds. The summed E-state index contributed by atoms with van der Waals surface area (Å²) in [6.07, 6.45) is 4.08. The first-order valence-electron chi connectivity index (χ1n) is 6.49. The van der Waals surface area contributed by atoms with Crippen molar-refractivity contribution in [2.75, 3.05) is 6.54 Å². The van der Waals surface area contributed by atoms with Crippen molar-refractivity contribution in [3.05, 3.63) is 28.2 Å². The van der Waals surface area contributed by atoms with Gasteiger partial charge in [-0.1, -0.05) is 36.0 Å². The first-order chi connectivity index (χ1) is 9.40. The van der Waals surface area contributed by atoms with E-state index in [1.165, 1.54) is 12.1 Å². The Morgan fingerprint density at radius 1 is 1.20 bits per heavy atom. The summed E-state index contributed by atoms with van der Waals surface area (Å²) in [5, 5.41) is 0.525. The molecule has 0 spiro atoms. The molecule has 0 aliphatic heterocycles. The van der Waals surface area contributed by atoms with E-state index in [0.29, 0.717) is 11.6 Å². The molecule has 112 valence electrons. The van der Waals surface area contributed by atoms with Crippen LogP contribution in [0.1, 0.15) is 25.7 Å². The Kier molecular flexibility index (Phi) is 5.60. The second-order valence-electron chi connectivity index (χ2n) is 4.99. The molecule has 0 saturated heterocycles. The molecule has 1 aliphatic rings. The summed E-state index contributed by atoms with van der Waals surface area (Å²) in [6, 6.07) is 4.38. The molecule has 1 saturated carbocycles. The number of halogens is 3.